The lowest BCUT2D eigenvalue weighted by Gasteiger charge is -2.35. The van der Waals surface area contributed by atoms with E-state index < -0.39 is 0 Å². The molecule has 3 aliphatic heterocycles. The third-order valence-electron chi connectivity index (χ3n) is 4.97. The number of rotatable bonds is 3. The number of nitrogens with zero attached hydrogens (tertiary/aromatic N) is 4. The Morgan fingerprint density at radius 2 is 2.04 bits per heavy atom. The van der Waals surface area contributed by atoms with Gasteiger partial charge in [-0.3, -0.25) is 14.7 Å². The molecule has 0 aromatic carbocycles. The summed E-state index contributed by atoms with van der Waals surface area (Å²) in [7, 11) is 0. The Morgan fingerprint density at radius 3 is 2.83 bits per heavy atom. The van der Waals surface area contributed by atoms with Crippen LogP contribution in [0.25, 0.3) is 0 Å². The topological polar surface area (TPSA) is 65.1 Å². The first kappa shape index (κ1) is 14.4. The highest BCUT2D eigenvalue weighted by Crippen LogP contribution is 2.29. The molecule has 3 fully saturated rings. The van der Waals surface area contributed by atoms with Gasteiger partial charge in [-0.15, -0.1) is 0 Å². The molecule has 3 saturated heterocycles. The number of piperidine rings is 1. The Balaban J connectivity index is 1.50. The minimum absolute atomic E-state index is 0.132. The minimum Gasteiger partial charge on any atom is -0.347 e. The third-order valence-corrected chi connectivity index (χ3v) is 4.97. The summed E-state index contributed by atoms with van der Waals surface area (Å²) in [5.41, 5.74) is 1.88. The molecule has 2 bridgehead atoms. The van der Waals surface area contributed by atoms with E-state index in [2.05, 4.69) is 19.9 Å². The van der Waals surface area contributed by atoms with Crippen LogP contribution in [0.2, 0.25) is 0 Å². The maximum absolute atomic E-state index is 12.8. The normalized spacial score (nSPS) is 24.6. The summed E-state index contributed by atoms with van der Waals surface area (Å²) in [5.74, 6) is 0.690. The number of imidazole rings is 1. The quantitative estimate of drug-likeness (QED) is 0.934. The van der Waals surface area contributed by atoms with Gasteiger partial charge in [0.2, 0.25) is 0 Å². The highest BCUT2D eigenvalue weighted by molar-refractivity contribution is 5.94. The summed E-state index contributed by atoms with van der Waals surface area (Å²) in [6.07, 6.45) is 9.36. The van der Waals surface area contributed by atoms with Crippen LogP contribution in [0.15, 0.2) is 37.1 Å². The van der Waals surface area contributed by atoms with Gasteiger partial charge in [0, 0.05) is 62.1 Å². The van der Waals surface area contributed by atoms with Gasteiger partial charge in [0.15, 0.2) is 0 Å². The Bertz CT molecular complexity index is 657. The number of hydrogen-bond acceptors (Lipinski definition) is 4. The van der Waals surface area contributed by atoms with E-state index >= 15 is 0 Å². The summed E-state index contributed by atoms with van der Waals surface area (Å²) in [6.45, 7) is 3.62. The molecule has 5 rings (SSSR count). The van der Waals surface area contributed by atoms with Crippen molar-refractivity contribution >= 4 is 5.91 Å². The Morgan fingerprint density at radius 1 is 1.17 bits per heavy atom. The molecule has 3 aliphatic rings. The monoisotopic (exact) mass is 311 g/mol. The molecule has 5 heterocycles. The second-order valence-corrected chi connectivity index (χ2v) is 6.55. The number of fused-ring (bicyclic) bond motifs is 4. The van der Waals surface area contributed by atoms with Crippen LogP contribution < -0.4 is 0 Å². The van der Waals surface area contributed by atoms with Crippen LogP contribution in [0.1, 0.15) is 28.9 Å². The number of aromatic amines is 1. The maximum Gasteiger partial charge on any atom is 0.254 e. The van der Waals surface area contributed by atoms with E-state index in [1.807, 2.05) is 11.1 Å². The van der Waals surface area contributed by atoms with Crippen LogP contribution in [-0.2, 0) is 6.54 Å². The molecule has 0 spiro atoms. The first-order valence-corrected chi connectivity index (χ1v) is 8.20. The van der Waals surface area contributed by atoms with Gasteiger partial charge in [0.1, 0.15) is 0 Å². The molecule has 2 atom stereocenters. The van der Waals surface area contributed by atoms with Gasteiger partial charge in [-0.05, 0) is 30.9 Å². The zero-order valence-electron chi connectivity index (χ0n) is 13.1. The lowest BCUT2D eigenvalue weighted by atomic mass is 9.95. The summed E-state index contributed by atoms with van der Waals surface area (Å²) in [6, 6.07) is 4.04. The second kappa shape index (κ2) is 6.12. The molecular weight excluding hydrogens is 290 g/mol. The van der Waals surface area contributed by atoms with E-state index in [0.717, 1.165) is 37.4 Å². The zero-order chi connectivity index (χ0) is 15.6. The predicted molar refractivity (Wildman–Crippen MR) is 85.7 cm³/mol. The molecule has 0 aliphatic carbocycles. The number of amides is 1. The van der Waals surface area contributed by atoms with Gasteiger partial charge in [0.25, 0.3) is 5.91 Å². The van der Waals surface area contributed by atoms with Crippen LogP contribution in [0.4, 0.5) is 0 Å². The zero-order valence-corrected chi connectivity index (χ0v) is 13.1. The van der Waals surface area contributed by atoms with Crippen LogP contribution in [0, 0.1) is 5.92 Å². The molecule has 0 saturated carbocycles. The molecule has 1 amide bonds. The van der Waals surface area contributed by atoms with Crippen LogP contribution >= 0.6 is 0 Å². The number of carbonyl (C=O) groups excluding carboxylic acids is 1. The van der Waals surface area contributed by atoms with Crippen molar-refractivity contribution in [3.05, 3.63) is 48.3 Å². The molecule has 0 radical (unpaired) electrons. The van der Waals surface area contributed by atoms with Crippen molar-refractivity contribution < 1.29 is 4.79 Å². The lowest BCUT2D eigenvalue weighted by Crippen LogP contribution is -2.44. The number of pyridine rings is 1. The van der Waals surface area contributed by atoms with E-state index in [1.165, 1.54) is 12.8 Å². The van der Waals surface area contributed by atoms with Crippen molar-refractivity contribution in [3.8, 4) is 0 Å². The minimum atomic E-state index is 0.132. The average Bonchev–Trinajstić information content (AvgIpc) is 2.93. The third kappa shape index (κ3) is 2.99. The summed E-state index contributed by atoms with van der Waals surface area (Å²) in [5, 5.41) is 0. The summed E-state index contributed by atoms with van der Waals surface area (Å²) >= 11 is 0. The SMILES string of the molecule is O=C(c1ccncc1)N1C[C@H]2CC[C@@H](C1)N(Cc1cnc[nH]1)C2. The average molecular weight is 311 g/mol. The summed E-state index contributed by atoms with van der Waals surface area (Å²) < 4.78 is 0. The first-order chi connectivity index (χ1) is 11.3. The van der Waals surface area contributed by atoms with Crippen LogP contribution in [-0.4, -0.2) is 56.3 Å². The summed E-state index contributed by atoms with van der Waals surface area (Å²) in [4.78, 5) is 28.6. The van der Waals surface area contributed by atoms with E-state index in [4.69, 9.17) is 0 Å². The molecule has 6 nitrogen and oxygen atoms in total. The van der Waals surface area contributed by atoms with Gasteiger partial charge in [-0.1, -0.05) is 0 Å². The number of H-pyrrole nitrogens is 1. The largest absolute Gasteiger partial charge is 0.347 e. The molecule has 2 aromatic heterocycles. The van der Waals surface area contributed by atoms with Gasteiger partial charge in [-0.25, -0.2) is 4.98 Å². The van der Waals surface area contributed by atoms with Crippen molar-refractivity contribution in [1.82, 2.24) is 24.8 Å². The van der Waals surface area contributed by atoms with Gasteiger partial charge >= 0.3 is 0 Å². The molecule has 1 N–H and O–H groups in total. The van der Waals surface area contributed by atoms with E-state index in [9.17, 15) is 4.79 Å². The number of nitrogens with one attached hydrogen (secondary N) is 1. The molecule has 2 aromatic rings. The fourth-order valence-electron chi connectivity index (χ4n) is 3.81. The lowest BCUT2D eigenvalue weighted by molar-refractivity contribution is 0.0735. The van der Waals surface area contributed by atoms with Crippen molar-refractivity contribution in [3.63, 3.8) is 0 Å². The maximum atomic E-state index is 12.8. The molecule has 6 heteroatoms. The van der Waals surface area contributed by atoms with E-state index in [1.54, 1.807) is 30.9 Å². The Kier molecular flexibility index (Phi) is 3.83. The van der Waals surface area contributed by atoms with Gasteiger partial charge in [-0.2, -0.15) is 0 Å². The first-order valence-electron chi connectivity index (χ1n) is 8.20. The fourth-order valence-corrected chi connectivity index (χ4v) is 3.81. The standard InChI is InChI=1S/C17H21N5O/c23-17(14-3-5-18-6-4-14)22-9-13-1-2-16(11-22)21(8-13)10-15-7-19-12-20-15/h3-7,12-13,16H,1-2,8-11H2,(H,19,20)/t13-,16-/m0/s1. The molecule has 23 heavy (non-hydrogen) atoms. The van der Waals surface area contributed by atoms with Crippen molar-refractivity contribution in [2.75, 3.05) is 19.6 Å². The van der Waals surface area contributed by atoms with Crippen LogP contribution in [0.3, 0.4) is 0 Å². The number of aromatic nitrogens is 3. The van der Waals surface area contributed by atoms with Gasteiger partial charge < -0.3 is 9.88 Å². The van der Waals surface area contributed by atoms with Crippen molar-refractivity contribution in [1.29, 1.82) is 0 Å². The van der Waals surface area contributed by atoms with Crippen LogP contribution in [0.5, 0.6) is 0 Å². The number of carbonyl (C=O) groups is 1. The van der Waals surface area contributed by atoms with E-state index in [0.29, 0.717) is 12.0 Å². The second-order valence-electron chi connectivity index (χ2n) is 6.55. The van der Waals surface area contributed by atoms with Crippen molar-refractivity contribution in [2.24, 2.45) is 5.92 Å². The highest BCUT2D eigenvalue weighted by atomic mass is 16.2. The van der Waals surface area contributed by atoms with Gasteiger partial charge in [0.05, 0.1) is 6.33 Å². The molecular formula is C17H21N5O. The number of hydrogen-bond donors (Lipinski definition) is 1. The Hall–Kier alpha value is -2.21. The highest BCUT2D eigenvalue weighted by Gasteiger charge is 2.36. The van der Waals surface area contributed by atoms with E-state index in [-0.39, 0.29) is 5.91 Å². The molecule has 120 valence electrons. The molecule has 0 unspecified atom stereocenters. The van der Waals surface area contributed by atoms with Crippen molar-refractivity contribution in [2.45, 2.75) is 25.4 Å². The predicted octanol–water partition coefficient (Wildman–Crippen LogP) is 1.54. The smallest absolute Gasteiger partial charge is 0.254 e. The Labute approximate surface area is 135 Å². The fraction of sp³-hybridized carbons (Fsp3) is 0.471.